The largest absolute Gasteiger partial charge is 0.468 e. The number of carbonyl (C=O) groups is 2. The Morgan fingerprint density at radius 2 is 2.04 bits per heavy atom. The van der Waals surface area contributed by atoms with Crippen molar-refractivity contribution in [3.8, 4) is 0 Å². The summed E-state index contributed by atoms with van der Waals surface area (Å²) in [5.41, 5.74) is 7.18. The van der Waals surface area contributed by atoms with Gasteiger partial charge in [0.05, 0.1) is 7.11 Å². The SMILES string of the molecule is COC(=O)CNC(=O)OC(C)(C)C.Cc1cccc2c1CCC2NNSI. The van der Waals surface area contributed by atoms with Crippen molar-refractivity contribution in [1.29, 1.82) is 0 Å². The van der Waals surface area contributed by atoms with Crippen molar-refractivity contribution in [2.75, 3.05) is 13.7 Å². The Hall–Kier alpha value is -1.04. The minimum Gasteiger partial charge on any atom is -0.468 e. The van der Waals surface area contributed by atoms with Crippen LogP contribution in [0.3, 0.4) is 0 Å². The number of nitrogens with one attached hydrogen (secondary N) is 3. The maximum atomic E-state index is 10.9. The molecule has 152 valence electrons. The average Bonchev–Trinajstić information content (AvgIpc) is 3.01. The smallest absolute Gasteiger partial charge is 0.408 e. The van der Waals surface area contributed by atoms with Gasteiger partial charge in [-0.25, -0.2) is 10.2 Å². The molecule has 9 heteroatoms. The number of hydrogen-bond acceptors (Lipinski definition) is 7. The van der Waals surface area contributed by atoms with Gasteiger partial charge in [0, 0.05) is 36.4 Å². The van der Waals surface area contributed by atoms with Crippen LogP contribution < -0.4 is 15.6 Å². The monoisotopic (exact) mass is 509 g/mol. The lowest BCUT2D eigenvalue weighted by atomic mass is 10.0. The van der Waals surface area contributed by atoms with Gasteiger partial charge < -0.3 is 14.8 Å². The fourth-order valence-electron chi connectivity index (χ4n) is 2.61. The van der Waals surface area contributed by atoms with Crippen molar-refractivity contribution in [2.45, 2.75) is 52.2 Å². The molecule has 7 nitrogen and oxygen atoms in total. The molecule has 1 atom stereocenters. The molecule has 1 aromatic rings. The van der Waals surface area contributed by atoms with Gasteiger partial charge in [-0.05, 0) is 57.2 Å². The molecule has 1 aliphatic rings. The summed E-state index contributed by atoms with van der Waals surface area (Å²) < 4.78 is 9.20. The van der Waals surface area contributed by atoms with Gasteiger partial charge in [-0.1, -0.05) is 18.2 Å². The molecule has 27 heavy (non-hydrogen) atoms. The molecule has 0 fully saturated rings. The van der Waals surface area contributed by atoms with Gasteiger partial charge in [0.1, 0.15) is 12.1 Å². The number of rotatable bonds is 5. The van der Waals surface area contributed by atoms with Crippen LogP contribution in [0.1, 0.15) is 49.9 Å². The normalized spacial score (nSPS) is 15.3. The van der Waals surface area contributed by atoms with Gasteiger partial charge in [0.25, 0.3) is 0 Å². The van der Waals surface area contributed by atoms with Gasteiger partial charge in [0.15, 0.2) is 0 Å². The third kappa shape index (κ3) is 9.13. The summed E-state index contributed by atoms with van der Waals surface area (Å²) in [5.74, 6) is -0.508. The molecule has 0 aromatic heterocycles. The van der Waals surface area contributed by atoms with E-state index in [-0.39, 0.29) is 6.54 Å². The zero-order chi connectivity index (χ0) is 20.4. The van der Waals surface area contributed by atoms with Gasteiger partial charge >= 0.3 is 12.1 Å². The summed E-state index contributed by atoms with van der Waals surface area (Å²) in [5, 5.41) is 2.25. The minimum absolute atomic E-state index is 0.175. The van der Waals surface area contributed by atoms with Crippen molar-refractivity contribution in [1.82, 2.24) is 15.6 Å². The first-order valence-corrected chi connectivity index (χ1v) is 11.9. The predicted octanol–water partition coefficient (Wildman–Crippen LogP) is 3.76. The summed E-state index contributed by atoms with van der Waals surface area (Å²) >= 11 is 2.22. The molecular weight excluding hydrogens is 481 g/mol. The molecule has 1 aromatic carbocycles. The van der Waals surface area contributed by atoms with E-state index in [0.717, 1.165) is 0 Å². The van der Waals surface area contributed by atoms with Gasteiger partial charge in [-0.15, -0.1) is 0 Å². The molecule has 0 bridgehead atoms. The van der Waals surface area contributed by atoms with E-state index in [1.54, 1.807) is 29.9 Å². The van der Waals surface area contributed by atoms with E-state index in [9.17, 15) is 9.59 Å². The van der Waals surface area contributed by atoms with Crippen molar-refractivity contribution < 1.29 is 19.1 Å². The van der Waals surface area contributed by atoms with Gasteiger partial charge in [-0.3, -0.25) is 4.79 Å². The van der Waals surface area contributed by atoms with Crippen molar-refractivity contribution in [3.05, 3.63) is 34.9 Å². The molecule has 1 amide bonds. The number of alkyl carbamates (subject to hydrolysis) is 1. The molecule has 1 aliphatic carbocycles. The fraction of sp³-hybridized carbons (Fsp3) is 0.556. The van der Waals surface area contributed by atoms with Gasteiger partial charge in [-0.2, -0.15) is 4.83 Å². The van der Waals surface area contributed by atoms with Crippen molar-refractivity contribution in [2.24, 2.45) is 0 Å². The van der Waals surface area contributed by atoms with Crippen molar-refractivity contribution in [3.63, 3.8) is 0 Å². The topological polar surface area (TPSA) is 88.7 Å². The van der Waals surface area contributed by atoms with E-state index in [1.165, 1.54) is 36.6 Å². The van der Waals surface area contributed by atoms with E-state index >= 15 is 0 Å². The molecule has 0 saturated carbocycles. The quantitative estimate of drug-likeness (QED) is 0.241. The maximum absolute atomic E-state index is 10.9. The number of ether oxygens (including phenoxy) is 2. The highest BCUT2D eigenvalue weighted by atomic mass is 127. The standard InChI is InChI=1S/C10H13IN2S.C8H15NO4/c1-7-3-2-4-9-8(7)5-6-10(9)12-13-14-11;1-8(2,3)13-7(11)9-5-6(10)12-4/h2-4,10,12-13H,5-6H2,1H3;5H2,1-4H3,(H,9,11). The second kappa shape index (κ2) is 11.7. The third-order valence-electron chi connectivity index (χ3n) is 3.78. The fourth-order valence-corrected chi connectivity index (χ4v) is 3.18. The maximum Gasteiger partial charge on any atom is 0.408 e. The van der Waals surface area contributed by atoms with Crippen LogP contribution >= 0.6 is 30.3 Å². The lowest BCUT2D eigenvalue weighted by molar-refractivity contribution is -0.139. The summed E-state index contributed by atoms with van der Waals surface area (Å²) in [6.07, 6.45) is 1.77. The van der Waals surface area contributed by atoms with E-state index < -0.39 is 17.7 Å². The van der Waals surface area contributed by atoms with Crippen LogP contribution in [0.4, 0.5) is 4.79 Å². The zero-order valence-electron chi connectivity index (χ0n) is 16.3. The van der Waals surface area contributed by atoms with Crippen LogP contribution in [0.5, 0.6) is 0 Å². The first-order chi connectivity index (χ1) is 12.7. The number of amides is 1. The van der Waals surface area contributed by atoms with Crippen LogP contribution in [0.25, 0.3) is 0 Å². The molecule has 0 spiro atoms. The summed E-state index contributed by atoms with van der Waals surface area (Å²) in [6, 6.07) is 7.05. The van der Waals surface area contributed by atoms with Crippen molar-refractivity contribution >= 4 is 42.4 Å². The number of carbonyl (C=O) groups excluding carboxylic acids is 2. The van der Waals surface area contributed by atoms with Crippen LogP contribution in [0.15, 0.2) is 18.2 Å². The van der Waals surface area contributed by atoms with E-state index in [0.29, 0.717) is 6.04 Å². The third-order valence-corrected chi connectivity index (χ3v) is 4.64. The minimum atomic E-state index is -0.627. The number of benzene rings is 1. The Morgan fingerprint density at radius 3 is 2.63 bits per heavy atom. The molecule has 0 radical (unpaired) electrons. The summed E-state index contributed by atoms with van der Waals surface area (Å²) in [7, 11) is 2.83. The Bertz CT molecular complexity index is 638. The predicted molar refractivity (Wildman–Crippen MR) is 116 cm³/mol. The first-order valence-electron chi connectivity index (χ1n) is 8.58. The number of hydrazine groups is 1. The molecule has 0 heterocycles. The highest BCUT2D eigenvalue weighted by Crippen LogP contribution is 2.32. The summed E-state index contributed by atoms with van der Waals surface area (Å²) in [4.78, 5) is 24.6. The number of hydrogen-bond donors (Lipinski definition) is 3. The second-order valence-electron chi connectivity index (χ2n) is 6.99. The summed E-state index contributed by atoms with van der Waals surface area (Å²) in [6.45, 7) is 7.24. The Morgan fingerprint density at radius 1 is 1.33 bits per heavy atom. The Kier molecular flexibility index (Phi) is 10.4. The number of esters is 1. The Labute approximate surface area is 177 Å². The van der Waals surface area contributed by atoms with Crippen LogP contribution in [0, 0.1) is 6.92 Å². The molecule has 1 unspecified atom stereocenters. The number of methoxy groups -OCH3 is 1. The highest BCUT2D eigenvalue weighted by molar-refractivity contribution is 14.2. The second-order valence-corrected chi connectivity index (χ2v) is 8.67. The molecule has 2 rings (SSSR count). The molecule has 3 N–H and O–H groups in total. The lowest BCUT2D eigenvalue weighted by Crippen LogP contribution is -2.35. The number of halogens is 1. The van der Waals surface area contributed by atoms with Crippen LogP contribution in [-0.4, -0.2) is 31.3 Å². The van der Waals surface area contributed by atoms with Gasteiger partial charge in [0.2, 0.25) is 0 Å². The first kappa shape index (κ1) is 24.0. The van der Waals surface area contributed by atoms with E-state index in [2.05, 4.69) is 66.6 Å². The Balaban J connectivity index is 0.000000271. The lowest BCUT2D eigenvalue weighted by Gasteiger charge is -2.19. The van der Waals surface area contributed by atoms with Crippen LogP contribution in [-0.2, 0) is 20.7 Å². The van der Waals surface area contributed by atoms with Crippen LogP contribution in [0.2, 0.25) is 0 Å². The molecule has 0 saturated heterocycles. The highest BCUT2D eigenvalue weighted by Gasteiger charge is 2.22. The zero-order valence-corrected chi connectivity index (χ0v) is 19.3. The average molecular weight is 509 g/mol. The van der Waals surface area contributed by atoms with E-state index in [1.807, 2.05) is 0 Å². The number of fused-ring (bicyclic) bond motifs is 1. The number of aryl methyl sites for hydroxylation is 1. The molecular formula is C18H28IN3O4S. The van der Waals surface area contributed by atoms with E-state index in [4.69, 9.17) is 4.74 Å². The molecule has 0 aliphatic heterocycles.